The van der Waals surface area contributed by atoms with Crippen molar-refractivity contribution < 1.29 is 9.13 Å². The van der Waals surface area contributed by atoms with E-state index in [0.29, 0.717) is 5.75 Å². The summed E-state index contributed by atoms with van der Waals surface area (Å²) >= 11 is 5.66. The molecule has 0 saturated carbocycles. The van der Waals surface area contributed by atoms with E-state index >= 15 is 0 Å². The van der Waals surface area contributed by atoms with Gasteiger partial charge in [-0.15, -0.1) is 0 Å². The molecule has 2 N–H and O–H groups in total. The van der Waals surface area contributed by atoms with Crippen molar-refractivity contribution in [1.29, 1.82) is 0 Å². The van der Waals surface area contributed by atoms with Crippen LogP contribution in [0.4, 0.5) is 4.39 Å². The van der Waals surface area contributed by atoms with Gasteiger partial charge in [-0.1, -0.05) is 17.7 Å². The van der Waals surface area contributed by atoms with Gasteiger partial charge < -0.3 is 10.5 Å². The molecule has 0 aliphatic heterocycles. The summed E-state index contributed by atoms with van der Waals surface area (Å²) in [7, 11) is 0. The summed E-state index contributed by atoms with van der Waals surface area (Å²) in [6.45, 7) is 1.83. The second-order valence-electron chi connectivity index (χ2n) is 3.86. The third kappa shape index (κ3) is 2.78. The van der Waals surface area contributed by atoms with Crippen LogP contribution in [0.3, 0.4) is 0 Å². The lowest BCUT2D eigenvalue weighted by molar-refractivity contribution is 0.440. The molecule has 5 heteroatoms. The van der Waals surface area contributed by atoms with E-state index in [0.717, 1.165) is 5.69 Å². The van der Waals surface area contributed by atoms with Gasteiger partial charge in [-0.3, -0.25) is 4.98 Å². The zero-order chi connectivity index (χ0) is 13.1. The molecule has 1 atom stereocenters. The number of aromatic nitrogens is 1. The third-order valence-corrected chi connectivity index (χ3v) is 2.66. The highest BCUT2D eigenvalue weighted by molar-refractivity contribution is 6.30. The van der Waals surface area contributed by atoms with Gasteiger partial charge in [0.2, 0.25) is 0 Å². The van der Waals surface area contributed by atoms with Crippen molar-refractivity contribution in [2.24, 2.45) is 5.73 Å². The number of nitrogens with zero attached hydrogens (tertiary/aromatic N) is 1. The van der Waals surface area contributed by atoms with Gasteiger partial charge in [-0.05, 0) is 31.2 Å². The Kier molecular flexibility index (Phi) is 3.79. The van der Waals surface area contributed by atoms with Crippen LogP contribution in [-0.2, 0) is 0 Å². The molecule has 2 aromatic rings. The number of ether oxygens (including phenoxy) is 1. The number of pyridine rings is 1. The van der Waals surface area contributed by atoms with E-state index < -0.39 is 5.82 Å². The van der Waals surface area contributed by atoms with Gasteiger partial charge in [0.25, 0.3) is 0 Å². The van der Waals surface area contributed by atoms with Gasteiger partial charge in [-0.25, -0.2) is 4.39 Å². The molecule has 0 fully saturated rings. The number of hydrogen-bond acceptors (Lipinski definition) is 3. The molecule has 0 radical (unpaired) electrons. The van der Waals surface area contributed by atoms with Crippen LogP contribution in [0.2, 0.25) is 5.02 Å². The van der Waals surface area contributed by atoms with Gasteiger partial charge in [0, 0.05) is 6.04 Å². The number of halogens is 2. The summed E-state index contributed by atoms with van der Waals surface area (Å²) in [4.78, 5) is 4.12. The molecule has 0 bridgehead atoms. The first-order valence-corrected chi connectivity index (χ1v) is 5.79. The van der Waals surface area contributed by atoms with Crippen LogP contribution in [0.25, 0.3) is 0 Å². The predicted molar refractivity (Wildman–Crippen MR) is 68.3 cm³/mol. The zero-order valence-electron chi connectivity index (χ0n) is 9.73. The lowest BCUT2D eigenvalue weighted by Crippen LogP contribution is -2.06. The fraction of sp³-hybridized carbons (Fsp3) is 0.154. The molecule has 0 amide bonds. The van der Waals surface area contributed by atoms with Crippen LogP contribution < -0.4 is 10.5 Å². The molecule has 1 aromatic carbocycles. The van der Waals surface area contributed by atoms with Gasteiger partial charge in [-0.2, -0.15) is 0 Å². The van der Waals surface area contributed by atoms with Crippen molar-refractivity contribution in [3.63, 3.8) is 0 Å². The zero-order valence-corrected chi connectivity index (χ0v) is 10.5. The summed E-state index contributed by atoms with van der Waals surface area (Å²) in [6, 6.07) is 7.85. The van der Waals surface area contributed by atoms with Crippen molar-refractivity contribution in [3.05, 3.63) is 53.1 Å². The predicted octanol–water partition coefficient (Wildman–Crippen LogP) is 3.69. The second-order valence-corrected chi connectivity index (χ2v) is 4.27. The minimum atomic E-state index is -0.588. The molecular formula is C13H12ClFN2O. The Balaban J connectivity index is 2.21. The van der Waals surface area contributed by atoms with E-state index in [1.54, 1.807) is 18.2 Å². The number of rotatable bonds is 3. The smallest absolute Gasteiger partial charge is 0.184 e. The Morgan fingerprint density at radius 3 is 2.72 bits per heavy atom. The molecule has 0 saturated heterocycles. The Labute approximate surface area is 109 Å². The van der Waals surface area contributed by atoms with Crippen molar-refractivity contribution in [1.82, 2.24) is 4.98 Å². The first-order chi connectivity index (χ1) is 8.58. The Morgan fingerprint density at radius 2 is 2.11 bits per heavy atom. The summed E-state index contributed by atoms with van der Waals surface area (Å²) < 4.78 is 19.0. The maximum atomic E-state index is 13.6. The van der Waals surface area contributed by atoms with Crippen molar-refractivity contribution in [2.75, 3.05) is 0 Å². The molecule has 18 heavy (non-hydrogen) atoms. The Bertz CT molecular complexity index is 543. The standard InChI is InChI=1S/C13H12ClFN2O/c1-8(16)11-6-5-9(7-17-11)18-12-4-2-3-10(14)13(12)15/h2-8H,16H2,1H3. The van der Waals surface area contributed by atoms with Crippen LogP contribution in [0, 0.1) is 5.82 Å². The molecule has 2 rings (SSSR count). The largest absolute Gasteiger partial charge is 0.453 e. The number of hydrogen-bond donors (Lipinski definition) is 1. The quantitative estimate of drug-likeness (QED) is 0.922. The Hall–Kier alpha value is -1.65. The first kappa shape index (κ1) is 12.8. The molecule has 1 unspecified atom stereocenters. The summed E-state index contributed by atoms with van der Waals surface area (Å²) in [5.41, 5.74) is 6.42. The molecule has 0 aliphatic rings. The van der Waals surface area contributed by atoms with Gasteiger partial charge >= 0.3 is 0 Å². The molecule has 0 spiro atoms. The van der Waals surface area contributed by atoms with Gasteiger partial charge in [0.1, 0.15) is 5.75 Å². The van der Waals surface area contributed by atoms with Crippen molar-refractivity contribution >= 4 is 11.6 Å². The molecular weight excluding hydrogens is 255 g/mol. The fourth-order valence-electron chi connectivity index (χ4n) is 1.41. The Morgan fingerprint density at radius 1 is 1.33 bits per heavy atom. The molecule has 0 aliphatic carbocycles. The maximum absolute atomic E-state index is 13.6. The van der Waals surface area contributed by atoms with E-state index in [4.69, 9.17) is 22.1 Å². The lowest BCUT2D eigenvalue weighted by Gasteiger charge is -2.08. The monoisotopic (exact) mass is 266 g/mol. The normalized spacial score (nSPS) is 12.2. The topological polar surface area (TPSA) is 48.1 Å². The SMILES string of the molecule is CC(N)c1ccc(Oc2cccc(Cl)c2F)cn1. The third-order valence-electron chi connectivity index (χ3n) is 2.37. The highest BCUT2D eigenvalue weighted by atomic mass is 35.5. The molecule has 1 aromatic heterocycles. The minimum Gasteiger partial charge on any atom is -0.453 e. The molecule has 1 heterocycles. The lowest BCUT2D eigenvalue weighted by atomic mass is 10.2. The van der Waals surface area contributed by atoms with Gasteiger partial charge in [0.15, 0.2) is 11.6 Å². The number of nitrogens with two attached hydrogens (primary N) is 1. The van der Waals surface area contributed by atoms with Crippen LogP contribution in [-0.4, -0.2) is 4.98 Å². The molecule has 94 valence electrons. The first-order valence-electron chi connectivity index (χ1n) is 5.41. The summed E-state index contributed by atoms with van der Waals surface area (Å²) in [6.07, 6.45) is 1.50. The average Bonchev–Trinajstić information content (AvgIpc) is 2.36. The van der Waals surface area contributed by atoms with E-state index in [9.17, 15) is 4.39 Å². The summed E-state index contributed by atoms with van der Waals surface area (Å²) in [5.74, 6) is -0.0890. The van der Waals surface area contributed by atoms with Crippen molar-refractivity contribution in [2.45, 2.75) is 13.0 Å². The van der Waals surface area contributed by atoms with Crippen LogP contribution >= 0.6 is 11.6 Å². The van der Waals surface area contributed by atoms with E-state index in [1.165, 1.54) is 18.3 Å². The highest BCUT2D eigenvalue weighted by Crippen LogP contribution is 2.28. The summed E-state index contributed by atoms with van der Waals surface area (Å²) in [5, 5.41) is 0.0210. The maximum Gasteiger partial charge on any atom is 0.184 e. The second kappa shape index (κ2) is 5.33. The van der Waals surface area contributed by atoms with Crippen LogP contribution in [0.1, 0.15) is 18.7 Å². The van der Waals surface area contributed by atoms with Crippen LogP contribution in [0.5, 0.6) is 11.5 Å². The highest BCUT2D eigenvalue weighted by Gasteiger charge is 2.09. The minimum absolute atomic E-state index is 0.0210. The van der Waals surface area contributed by atoms with E-state index in [1.807, 2.05) is 6.92 Å². The van der Waals surface area contributed by atoms with E-state index in [-0.39, 0.29) is 16.8 Å². The number of benzene rings is 1. The van der Waals surface area contributed by atoms with Gasteiger partial charge in [0.05, 0.1) is 16.9 Å². The molecule has 3 nitrogen and oxygen atoms in total. The fourth-order valence-corrected chi connectivity index (χ4v) is 1.58. The van der Waals surface area contributed by atoms with Crippen LogP contribution in [0.15, 0.2) is 36.5 Å². The average molecular weight is 267 g/mol. The van der Waals surface area contributed by atoms with Crippen molar-refractivity contribution in [3.8, 4) is 11.5 Å². The van der Waals surface area contributed by atoms with E-state index in [2.05, 4.69) is 4.98 Å².